The molecule has 1 nitrogen and oxygen atoms in total. The molecule has 0 aliphatic rings. The Balaban J connectivity index is 2.19. The lowest BCUT2D eigenvalue weighted by molar-refractivity contribution is 0.371. The van der Waals surface area contributed by atoms with Crippen LogP contribution in [0.2, 0.25) is 0 Å². The van der Waals surface area contributed by atoms with E-state index in [4.69, 9.17) is 11.9 Å². The monoisotopic (exact) mass is 86.0 g/mol. The molecule has 0 spiro atoms. The Morgan fingerprint density at radius 3 is 2.60 bits per heavy atom. The number of hydrogen-bond donors (Lipinski definition) is 0. The Kier molecular flexibility index (Phi) is 4.45. The molecule has 0 aliphatic heterocycles. The molecule has 0 saturated heterocycles. The maximum Gasteiger partial charge on any atom is 0.112 e. The summed E-state index contributed by atoms with van der Waals surface area (Å²) in [5.74, 6) is 0. The topological polar surface area (TPSA) is 9.23 Å². The van der Waals surface area contributed by atoms with Crippen LogP contribution in [0.4, 0.5) is 0 Å². The molecule has 0 aromatic heterocycles. The third-order valence-corrected chi connectivity index (χ3v) is 0.966. The molecule has 0 bridgehead atoms. The van der Waals surface area contributed by atoms with Gasteiger partial charge in [0.05, 0.1) is 7.44 Å². The maximum absolute atomic E-state index is 5.06. The van der Waals surface area contributed by atoms with Gasteiger partial charge in [0.25, 0.3) is 0 Å². The molecule has 0 N–H and O–H groups in total. The molecule has 3 heteroatoms. The smallest absolute Gasteiger partial charge is 0.112 e. The van der Waals surface area contributed by atoms with E-state index in [1.807, 2.05) is 6.92 Å². The van der Waals surface area contributed by atoms with E-state index in [2.05, 4.69) is 0 Å². The van der Waals surface area contributed by atoms with Crippen molar-refractivity contribution in [2.45, 2.75) is 6.92 Å². The van der Waals surface area contributed by atoms with Crippen molar-refractivity contribution in [1.82, 2.24) is 0 Å². The molecule has 0 aromatic carbocycles. The van der Waals surface area contributed by atoms with E-state index in [0.29, 0.717) is 0 Å². The zero-order valence-electron chi connectivity index (χ0n) is 3.40. The quantitative estimate of drug-likeness (QED) is 0.399. The van der Waals surface area contributed by atoms with E-state index >= 15 is 0 Å². The van der Waals surface area contributed by atoms with Crippen molar-refractivity contribution in [3.63, 3.8) is 0 Å². The summed E-state index contributed by atoms with van der Waals surface area (Å²) in [6.07, 6.45) is 0. The lowest BCUT2D eigenvalue weighted by Gasteiger charge is -1.86. The molecule has 0 rings (SSSR count). The second kappa shape index (κ2) is 4.24. The summed E-state index contributed by atoms with van der Waals surface area (Å²) >= 11 is 0. The van der Waals surface area contributed by atoms with Gasteiger partial charge in [0, 0.05) is 6.61 Å². The van der Waals surface area contributed by atoms with Crippen molar-refractivity contribution in [3.8, 4) is 0 Å². The highest BCUT2D eigenvalue weighted by Crippen LogP contribution is 1.57. The predicted octanol–water partition coefficient (Wildman–Crippen LogP) is -0.810. The molecular formula is C2H7BOSi. The summed E-state index contributed by atoms with van der Waals surface area (Å²) in [4.78, 5) is 0. The highest BCUT2D eigenvalue weighted by atomic mass is 28.2. The molecule has 0 saturated carbocycles. The van der Waals surface area contributed by atoms with E-state index in [9.17, 15) is 0 Å². The van der Waals surface area contributed by atoms with Crippen molar-refractivity contribution in [2.24, 2.45) is 0 Å². The van der Waals surface area contributed by atoms with Crippen molar-refractivity contribution >= 4 is 17.1 Å². The molecule has 0 aliphatic carbocycles. The zero-order chi connectivity index (χ0) is 4.12. The summed E-state index contributed by atoms with van der Waals surface area (Å²) in [5.41, 5.74) is 0. The van der Waals surface area contributed by atoms with Crippen LogP contribution in [-0.4, -0.2) is 23.7 Å². The molecular weight excluding hydrogens is 78.9 g/mol. The Labute approximate surface area is 36.0 Å². The van der Waals surface area contributed by atoms with Crippen LogP contribution in [0.15, 0.2) is 0 Å². The minimum Gasteiger partial charge on any atom is -0.434 e. The van der Waals surface area contributed by atoms with Crippen LogP contribution in [0.5, 0.6) is 0 Å². The molecule has 0 heterocycles. The third kappa shape index (κ3) is 4.24. The first-order valence-electron chi connectivity index (χ1n) is 1.69. The molecule has 2 radical (unpaired) electrons. The standard InChI is InChI=1S/C2H7BOSi/c1-2-4-5-3/h2,5H2,1H3. The van der Waals surface area contributed by atoms with Gasteiger partial charge in [0.2, 0.25) is 0 Å². The van der Waals surface area contributed by atoms with E-state index in [1.165, 1.54) is 0 Å². The van der Waals surface area contributed by atoms with Crippen LogP contribution in [0.1, 0.15) is 6.92 Å². The first-order chi connectivity index (χ1) is 2.41. The number of hydrogen-bond acceptors (Lipinski definition) is 1. The van der Waals surface area contributed by atoms with Gasteiger partial charge in [-0.25, -0.2) is 0 Å². The van der Waals surface area contributed by atoms with Crippen LogP contribution >= 0.6 is 0 Å². The van der Waals surface area contributed by atoms with Crippen molar-refractivity contribution < 1.29 is 4.43 Å². The third-order valence-electron chi connectivity index (χ3n) is 0.322. The van der Waals surface area contributed by atoms with Gasteiger partial charge in [-0.15, -0.1) is 0 Å². The van der Waals surface area contributed by atoms with Gasteiger partial charge in [-0.2, -0.15) is 0 Å². The van der Waals surface area contributed by atoms with E-state index < -0.39 is 9.63 Å². The van der Waals surface area contributed by atoms with Gasteiger partial charge in [-0.1, -0.05) is 0 Å². The van der Waals surface area contributed by atoms with Crippen LogP contribution < -0.4 is 0 Å². The van der Waals surface area contributed by atoms with Crippen molar-refractivity contribution in [3.05, 3.63) is 0 Å². The SMILES string of the molecule is [B][SiH2]OCC. The van der Waals surface area contributed by atoms with E-state index in [-0.39, 0.29) is 0 Å². The second-order valence-electron chi connectivity index (χ2n) is 0.659. The Bertz CT molecular complexity index is 17.1. The molecule has 0 amide bonds. The molecule has 0 unspecified atom stereocenters. The lowest BCUT2D eigenvalue weighted by Crippen LogP contribution is -1.94. The van der Waals surface area contributed by atoms with Crippen molar-refractivity contribution in [1.29, 1.82) is 0 Å². The average Bonchev–Trinajstić information content (AvgIpc) is 1.41. The van der Waals surface area contributed by atoms with Crippen LogP contribution in [0.25, 0.3) is 0 Å². The fourth-order valence-electron chi connectivity index (χ4n) is 0.118. The van der Waals surface area contributed by atoms with Gasteiger partial charge in [0.1, 0.15) is 9.63 Å². The summed E-state index contributed by atoms with van der Waals surface area (Å²) in [6, 6.07) is 0. The molecule has 0 aromatic rings. The zero-order valence-corrected chi connectivity index (χ0v) is 4.81. The Morgan fingerprint density at radius 2 is 2.60 bits per heavy atom. The maximum atomic E-state index is 5.06. The van der Waals surface area contributed by atoms with Gasteiger partial charge in [-0.3, -0.25) is 0 Å². The summed E-state index contributed by atoms with van der Waals surface area (Å²) in [6.45, 7) is 2.72. The van der Waals surface area contributed by atoms with E-state index in [1.54, 1.807) is 0 Å². The van der Waals surface area contributed by atoms with Crippen LogP contribution in [0.3, 0.4) is 0 Å². The minimum atomic E-state index is -0.586. The molecule has 5 heavy (non-hydrogen) atoms. The molecule has 28 valence electrons. The van der Waals surface area contributed by atoms with Crippen molar-refractivity contribution in [2.75, 3.05) is 6.61 Å². The largest absolute Gasteiger partial charge is 0.434 e. The molecule has 0 fully saturated rings. The van der Waals surface area contributed by atoms with Gasteiger partial charge in [-0.05, 0) is 6.92 Å². The first-order valence-corrected chi connectivity index (χ1v) is 3.09. The normalized spacial score (nSPS) is 10.6. The van der Waals surface area contributed by atoms with Crippen LogP contribution in [-0.2, 0) is 4.43 Å². The summed E-state index contributed by atoms with van der Waals surface area (Å²) in [7, 11) is 4.47. The second-order valence-corrected chi connectivity index (χ2v) is 1.40. The van der Waals surface area contributed by atoms with Gasteiger partial charge < -0.3 is 4.43 Å². The fourth-order valence-corrected chi connectivity index (χ4v) is 0.354. The Hall–Kier alpha value is 0.242. The van der Waals surface area contributed by atoms with Crippen LogP contribution in [0, 0.1) is 0 Å². The average molecular weight is 86.0 g/mol. The Morgan fingerprint density at radius 1 is 2.00 bits per heavy atom. The van der Waals surface area contributed by atoms with Gasteiger partial charge >= 0.3 is 0 Å². The summed E-state index contributed by atoms with van der Waals surface area (Å²) < 4.78 is 4.75. The van der Waals surface area contributed by atoms with Gasteiger partial charge in [0.15, 0.2) is 0 Å². The highest BCUT2D eigenvalue weighted by Gasteiger charge is 1.65. The highest BCUT2D eigenvalue weighted by molar-refractivity contribution is 6.85. The first kappa shape index (κ1) is 5.24. The summed E-state index contributed by atoms with van der Waals surface area (Å²) in [5, 5.41) is 0. The number of rotatable bonds is 2. The van der Waals surface area contributed by atoms with E-state index in [0.717, 1.165) is 6.61 Å². The minimum absolute atomic E-state index is 0.586. The molecule has 0 atom stereocenters. The fraction of sp³-hybridized carbons (Fsp3) is 1.00. The predicted molar refractivity (Wildman–Crippen MR) is 25.9 cm³/mol. The lowest BCUT2D eigenvalue weighted by atomic mass is 10.8.